The van der Waals surface area contributed by atoms with Crippen LogP contribution in [-0.2, 0) is 16.0 Å². The molecular formula is C21H22N2O4. The smallest absolute Gasteiger partial charge is 0.258 e. The normalized spacial score (nSPS) is 18.1. The molecule has 0 bridgehead atoms. The quantitative estimate of drug-likeness (QED) is 0.852. The van der Waals surface area contributed by atoms with Gasteiger partial charge in [-0.3, -0.25) is 9.59 Å². The van der Waals surface area contributed by atoms with Crippen molar-refractivity contribution in [3.63, 3.8) is 0 Å². The van der Waals surface area contributed by atoms with Crippen molar-refractivity contribution in [3.05, 3.63) is 54.1 Å². The number of carbonyl (C=O) groups is 2. The van der Waals surface area contributed by atoms with Crippen LogP contribution in [0.4, 0.5) is 5.69 Å². The Morgan fingerprint density at radius 3 is 2.74 bits per heavy atom. The Morgan fingerprint density at radius 2 is 2.00 bits per heavy atom. The van der Waals surface area contributed by atoms with Gasteiger partial charge in [0.25, 0.3) is 5.91 Å². The fourth-order valence-electron chi connectivity index (χ4n) is 3.44. The predicted molar refractivity (Wildman–Crippen MR) is 101 cm³/mol. The summed E-state index contributed by atoms with van der Waals surface area (Å²) in [7, 11) is 0. The van der Waals surface area contributed by atoms with Gasteiger partial charge in [0.1, 0.15) is 17.6 Å². The van der Waals surface area contributed by atoms with Crippen LogP contribution in [0.2, 0.25) is 0 Å². The second-order valence-electron chi connectivity index (χ2n) is 6.79. The van der Waals surface area contributed by atoms with Gasteiger partial charge in [0.15, 0.2) is 6.61 Å². The van der Waals surface area contributed by atoms with E-state index in [1.165, 1.54) is 5.56 Å². The molecule has 2 aliphatic rings. The van der Waals surface area contributed by atoms with Crippen LogP contribution in [0.15, 0.2) is 48.5 Å². The number of ether oxygens (including phenoxy) is 2. The van der Waals surface area contributed by atoms with Gasteiger partial charge in [-0.1, -0.05) is 18.2 Å². The number of para-hydroxylation sites is 1. The molecule has 4 rings (SSSR count). The Bertz CT molecular complexity index is 809. The third-order valence-corrected chi connectivity index (χ3v) is 4.83. The van der Waals surface area contributed by atoms with E-state index < -0.39 is 0 Å². The van der Waals surface area contributed by atoms with E-state index in [4.69, 9.17) is 9.47 Å². The number of anilines is 1. The Morgan fingerprint density at radius 1 is 1.19 bits per heavy atom. The van der Waals surface area contributed by atoms with Crippen LogP contribution in [0.25, 0.3) is 0 Å². The first-order valence-corrected chi connectivity index (χ1v) is 9.23. The molecule has 2 aliphatic heterocycles. The molecule has 1 saturated heterocycles. The zero-order valence-electron chi connectivity index (χ0n) is 15.0. The van der Waals surface area contributed by atoms with Crippen LogP contribution in [-0.4, -0.2) is 37.6 Å². The number of nitrogens with zero attached hydrogens (tertiary/aromatic N) is 1. The number of fused-ring (bicyclic) bond motifs is 1. The van der Waals surface area contributed by atoms with Crippen molar-refractivity contribution < 1.29 is 19.1 Å². The molecule has 2 amide bonds. The van der Waals surface area contributed by atoms with E-state index in [2.05, 4.69) is 5.32 Å². The summed E-state index contributed by atoms with van der Waals surface area (Å²) in [5, 5.41) is 2.85. The Balaban J connectivity index is 1.21. The molecule has 2 aromatic rings. The lowest BCUT2D eigenvalue weighted by atomic mass is 10.1. The molecule has 2 heterocycles. The molecule has 0 aliphatic carbocycles. The van der Waals surface area contributed by atoms with Crippen LogP contribution in [0.3, 0.4) is 0 Å². The molecule has 27 heavy (non-hydrogen) atoms. The highest BCUT2D eigenvalue weighted by atomic mass is 16.5. The number of hydrogen-bond donors (Lipinski definition) is 1. The molecular weight excluding hydrogens is 344 g/mol. The summed E-state index contributed by atoms with van der Waals surface area (Å²) >= 11 is 0. The van der Waals surface area contributed by atoms with Crippen LogP contribution in [0, 0.1) is 0 Å². The summed E-state index contributed by atoms with van der Waals surface area (Å²) in [4.78, 5) is 25.6. The number of nitrogens with one attached hydrogen (secondary N) is 1. The highest BCUT2D eigenvalue weighted by Gasteiger charge is 2.23. The molecule has 0 saturated carbocycles. The fourth-order valence-corrected chi connectivity index (χ4v) is 3.44. The number of rotatable bonds is 6. The Labute approximate surface area is 158 Å². The second-order valence-corrected chi connectivity index (χ2v) is 6.79. The maximum absolute atomic E-state index is 12.0. The molecule has 1 atom stereocenters. The van der Waals surface area contributed by atoms with E-state index in [0.717, 1.165) is 30.8 Å². The fraction of sp³-hybridized carbons (Fsp3) is 0.333. The summed E-state index contributed by atoms with van der Waals surface area (Å²) in [6, 6.07) is 15.2. The van der Waals surface area contributed by atoms with Crippen molar-refractivity contribution >= 4 is 17.5 Å². The van der Waals surface area contributed by atoms with E-state index >= 15 is 0 Å². The van der Waals surface area contributed by atoms with Gasteiger partial charge in [-0.05, 0) is 42.3 Å². The van der Waals surface area contributed by atoms with E-state index in [0.29, 0.717) is 18.7 Å². The lowest BCUT2D eigenvalue weighted by molar-refractivity contribution is -0.123. The molecule has 6 nitrogen and oxygen atoms in total. The van der Waals surface area contributed by atoms with Gasteiger partial charge in [-0.2, -0.15) is 0 Å². The first-order valence-electron chi connectivity index (χ1n) is 9.23. The van der Waals surface area contributed by atoms with Crippen molar-refractivity contribution in [1.82, 2.24) is 5.32 Å². The van der Waals surface area contributed by atoms with Crippen molar-refractivity contribution in [3.8, 4) is 11.5 Å². The van der Waals surface area contributed by atoms with Crippen LogP contribution >= 0.6 is 0 Å². The average Bonchev–Trinajstić information content (AvgIpc) is 3.30. The predicted octanol–water partition coefficient (Wildman–Crippen LogP) is 2.31. The topological polar surface area (TPSA) is 67.9 Å². The zero-order valence-corrected chi connectivity index (χ0v) is 15.0. The van der Waals surface area contributed by atoms with Gasteiger partial charge in [0.2, 0.25) is 5.91 Å². The van der Waals surface area contributed by atoms with E-state index in [-0.39, 0.29) is 24.5 Å². The van der Waals surface area contributed by atoms with Crippen molar-refractivity contribution in [2.75, 3.05) is 24.6 Å². The lowest BCUT2D eigenvalue weighted by Crippen LogP contribution is -2.37. The number of carbonyl (C=O) groups excluding carboxylic acids is 2. The molecule has 6 heteroatoms. The largest absolute Gasteiger partial charge is 0.488 e. The number of amides is 2. The minimum atomic E-state index is -0.187. The van der Waals surface area contributed by atoms with Crippen molar-refractivity contribution in [1.29, 1.82) is 0 Å². The van der Waals surface area contributed by atoms with Gasteiger partial charge < -0.3 is 19.7 Å². The van der Waals surface area contributed by atoms with Crippen molar-refractivity contribution in [2.45, 2.75) is 25.4 Å². The molecule has 1 unspecified atom stereocenters. The number of hydrogen-bond acceptors (Lipinski definition) is 4. The van der Waals surface area contributed by atoms with Gasteiger partial charge in [-0.15, -0.1) is 0 Å². The average molecular weight is 366 g/mol. The summed E-state index contributed by atoms with van der Waals surface area (Å²) in [6.45, 7) is 1.16. The molecule has 1 N–H and O–H groups in total. The monoisotopic (exact) mass is 366 g/mol. The summed E-state index contributed by atoms with van der Waals surface area (Å²) in [5.41, 5.74) is 2.04. The highest BCUT2D eigenvalue weighted by Crippen LogP contribution is 2.27. The molecule has 140 valence electrons. The summed E-state index contributed by atoms with van der Waals surface area (Å²) in [6.07, 6.45) is 2.26. The standard InChI is InChI=1S/C21H22N2O4/c24-20(22-13-18-12-15-4-1-2-5-19(15)27-18)14-26-17-9-7-16(8-10-17)23-11-3-6-21(23)25/h1-2,4-5,7-10,18H,3,6,11-14H2,(H,22,24). The van der Waals surface area contributed by atoms with Crippen LogP contribution in [0.1, 0.15) is 18.4 Å². The SMILES string of the molecule is O=C(COc1ccc(N2CCCC2=O)cc1)NCC1Cc2ccccc2O1. The maximum Gasteiger partial charge on any atom is 0.258 e. The molecule has 2 aromatic carbocycles. The van der Waals surface area contributed by atoms with E-state index in [9.17, 15) is 9.59 Å². The first kappa shape index (κ1) is 17.4. The second kappa shape index (κ2) is 7.70. The lowest BCUT2D eigenvalue weighted by Gasteiger charge is -2.16. The first-order chi connectivity index (χ1) is 13.2. The van der Waals surface area contributed by atoms with E-state index in [1.807, 2.05) is 36.4 Å². The van der Waals surface area contributed by atoms with Gasteiger partial charge in [0.05, 0.1) is 6.54 Å². The van der Waals surface area contributed by atoms with Gasteiger partial charge in [0, 0.05) is 25.1 Å². The third-order valence-electron chi connectivity index (χ3n) is 4.83. The van der Waals surface area contributed by atoms with Crippen LogP contribution < -0.4 is 19.7 Å². The Hall–Kier alpha value is -3.02. The van der Waals surface area contributed by atoms with E-state index in [1.54, 1.807) is 17.0 Å². The van der Waals surface area contributed by atoms with Crippen molar-refractivity contribution in [2.24, 2.45) is 0 Å². The molecule has 0 spiro atoms. The van der Waals surface area contributed by atoms with Crippen LogP contribution in [0.5, 0.6) is 11.5 Å². The molecule has 1 fully saturated rings. The van der Waals surface area contributed by atoms with Gasteiger partial charge >= 0.3 is 0 Å². The zero-order chi connectivity index (χ0) is 18.6. The summed E-state index contributed by atoms with van der Waals surface area (Å²) < 4.78 is 11.3. The Kier molecular flexibility index (Phi) is 4.96. The maximum atomic E-state index is 12.0. The molecule has 0 radical (unpaired) electrons. The number of benzene rings is 2. The molecule has 0 aromatic heterocycles. The minimum absolute atomic E-state index is 0.0383. The van der Waals surface area contributed by atoms with Gasteiger partial charge in [-0.25, -0.2) is 0 Å². The third kappa shape index (κ3) is 4.05. The highest BCUT2D eigenvalue weighted by molar-refractivity contribution is 5.95. The summed E-state index contributed by atoms with van der Waals surface area (Å²) in [5.74, 6) is 1.46. The minimum Gasteiger partial charge on any atom is -0.488 e.